The average molecular weight is 360 g/mol. The average Bonchev–Trinajstić information content (AvgIpc) is 2.70. The SMILES string of the molecule is OCC1=CC=CC(CO)(CNCCCCCCOCc2ccccc2)C1. The highest BCUT2D eigenvalue weighted by Crippen LogP contribution is 2.30. The van der Waals surface area contributed by atoms with Crippen LogP contribution in [0.15, 0.2) is 54.1 Å². The number of rotatable bonds is 13. The van der Waals surface area contributed by atoms with E-state index in [9.17, 15) is 10.2 Å². The smallest absolute Gasteiger partial charge is 0.0716 e. The van der Waals surface area contributed by atoms with E-state index in [0.29, 0.717) is 6.61 Å². The number of aliphatic hydroxyl groups is 2. The monoisotopic (exact) mass is 359 g/mol. The van der Waals surface area contributed by atoms with Gasteiger partial charge in [0.25, 0.3) is 0 Å². The summed E-state index contributed by atoms with van der Waals surface area (Å²) in [5.74, 6) is 0. The Balaban J connectivity index is 1.46. The Morgan fingerprint density at radius 3 is 2.62 bits per heavy atom. The number of benzene rings is 1. The van der Waals surface area contributed by atoms with E-state index in [1.807, 2.05) is 30.4 Å². The third-order valence-electron chi connectivity index (χ3n) is 4.86. The van der Waals surface area contributed by atoms with Crippen molar-refractivity contribution in [3.05, 3.63) is 59.7 Å². The van der Waals surface area contributed by atoms with Crippen molar-refractivity contribution in [2.75, 3.05) is 32.9 Å². The fourth-order valence-electron chi connectivity index (χ4n) is 3.26. The maximum absolute atomic E-state index is 9.75. The molecule has 0 radical (unpaired) electrons. The van der Waals surface area contributed by atoms with Gasteiger partial charge in [-0.1, -0.05) is 61.4 Å². The van der Waals surface area contributed by atoms with E-state index in [1.54, 1.807) is 0 Å². The Morgan fingerprint density at radius 1 is 1.04 bits per heavy atom. The summed E-state index contributed by atoms with van der Waals surface area (Å²) in [4.78, 5) is 0. The van der Waals surface area contributed by atoms with E-state index in [1.165, 1.54) is 18.4 Å². The van der Waals surface area contributed by atoms with Crippen molar-refractivity contribution >= 4 is 0 Å². The van der Waals surface area contributed by atoms with Crippen molar-refractivity contribution in [3.63, 3.8) is 0 Å². The van der Waals surface area contributed by atoms with Crippen molar-refractivity contribution < 1.29 is 14.9 Å². The molecule has 1 atom stereocenters. The highest BCUT2D eigenvalue weighted by molar-refractivity contribution is 5.24. The lowest BCUT2D eigenvalue weighted by molar-refractivity contribution is 0.116. The van der Waals surface area contributed by atoms with Crippen LogP contribution in [0.1, 0.15) is 37.7 Å². The van der Waals surface area contributed by atoms with E-state index < -0.39 is 0 Å². The summed E-state index contributed by atoms with van der Waals surface area (Å²) in [5.41, 5.74) is 1.95. The lowest BCUT2D eigenvalue weighted by Gasteiger charge is -2.32. The zero-order valence-electron chi connectivity index (χ0n) is 15.7. The summed E-state index contributed by atoms with van der Waals surface area (Å²) >= 11 is 0. The minimum absolute atomic E-state index is 0.0679. The molecule has 0 saturated heterocycles. The fraction of sp³-hybridized carbons (Fsp3) is 0.545. The zero-order chi connectivity index (χ0) is 18.5. The van der Waals surface area contributed by atoms with Gasteiger partial charge in [0, 0.05) is 18.6 Å². The molecule has 0 fully saturated rings. The molecule has 4 nitrogen and oxygen atoms in total. The lowest BCUT2D eigenvalue weighted by Crippen LogP contribution is -2.37. The Bertz CT molecular complexity index is 556. The first-order valence-electron chi connectivity index (χ1n) is 9.69. The molecular formula is C22H33NO3. The molecule has 2 rings (SSSR count). The molecule has 1 unspecified atom stereocenters. The predicted octanol–water partition coefficient (Wildman–Crippen LogP) is 3.21. The molecule has 0 bridgehead atoms. The quantitative estimate of drug-likeness (QED) is 0.473. The van der Waals surface area contributed by atoms with Gasteiger partial charge in [-0.3, -0.25) is 0 Å². The largest absolute Gasteiger partial charge is 0.395 e. The Hall–Kier alpha value is -1.46. The summed E-state index contributed by atoms with van der Waals surface area (Å²) in [7, 11) is 0. The van der Waals surface area contributed by atoms with Gasteiger partial charge in [-0.2, -0.15) is 0 Å². The number of hydrogen-bond donors (Lipinski definition) is 3. The van der Waals surface area contributed by atoms with E-state index >= 15 is 0 Å². The van der Waals surface area contributed by atoms with Gasteiger partial charge >= 0.3 is 0 Å². The molecule has 0 spiro atoms. The third kappa shape index (κ3) is 7.42. The second kappa shape index (κ2) is 12.0. The van der Waals surface area contributed by atoms with Crippen LogP contribution in [-0.4, -0.2) is 43.1 Å². The van der Waals surface area contributed by atoms with Crippen LogP contribution in [0.2, 0.25) is 0 Å². The normalized spacial score (nSPS) is 19.5. The van der Waals surface area contributed by atoms with Crippen LogP contribution >= 0.6 is 0 Å². The molecule has 144 valence electrons. The first kappa shape index (κ1) is 20.8. The molecule has 1 aliphatic carbocycles. The molecule has 3 N–H and O–H groups in total. The minimum Gasteiger partial charge on any atom is -0.395 e. The van der Waals surface area contributed by atoms with Crippen LogP contribution in [0.4, 0.5) is 0 Å². The van der Waals surface area contributed by atoms with Crippen LogP contribution in [0.3, 0.4) is 0 Å². The second-order valence-electron chi connectivity index (χ2n) is 7.17. The topological polar surface area (TPSA) is 61.7 Å². The van der Waals surface area contributed by atoms with E-state index in [0.717, 1.165) is 44.5 Å². The molecule has 0 saturated carbocycles. The molecule has 0 amide bonds. The number of ether oxygens (including phenoxy) is 1. The number of hydrogen-bond acceptors (Lipinski definition) is 4. The lowest BCUT2D eigenvalue weighted by atomic mass is 9.79. The Labute approximate surface area is 157 Å². The molecule has 1 aromatic carbocycles. The van der Waals surface area contributed by atoms with Gasteiger partial charge in [-0.25, -0.2) is 0 Å². The summed E-state index contributed by atoms with van der Waals surface area (Å²) in [5, 5.41) is 22.5. The molecule has 0 aliphatic heterocycles. The predicted molar refractivity (Wildman–Crippen MR) is 106 cm³/mol. The maximum Gasteiger partial charge on any atom is 0.0716 e. The van der Waals surface area contributed by atoms with Gasteiger partial charge in [0.2, 0.25) is 0 Å². The molecule has 0 heterocycles. The first-order chi connectivity index (χ1) is 12.8. The number of aliphatic hydroxyl groups excluding tert-OH is 2. The first-order valence-corrected chi connectivity index (χ1v) is 9.69. The molecule has 0 aromatic heterocycles. The van der Waals surface area contributed by atoms with Gasteiger partial charge in [0.05, 0.1) is 19.8 Å². The zero-order valence-corrected chi connectivity index (χ0v) is 15.7. The van der Waals surface area contributed by atoms with Crippen LogP contribution in [0.25, 0.3) is 0 Å². The maximum atomic E-state index is 9.75. The summed E-state index contributed by atoms with van der Waals surface area (Å²) in [6.45, 7) is 3.39. The van der Waals surface area contributed by atoms with Crippen molar-refractivity contribution in [3.8, 4) is 0 Å². The van der Waals surface area contributed by atoms with Crippen LogP contribution < -0.4 is 5.32 Å². The van der Waals surface area contributed by atoms with Crippen molar-refractivity contribution in [2.24, 2.45) is 5.41 Å². The highest BCUT2D eigenvalue weighted by atomic mass is 16.5. The summed E-state index contributed by atoms with van der Waals surface area (Å²) < 4.78 is 5.70. The standard InChI is InChI=1S/C22H33NO3/c24-16-21-11-8-12-22(15-21,19-25)18-23-13-6-1-2-7-14-26-17-20-9-4-3-5-10-20/h3-5,8-12,23-25H,1-2,6-7,13-19H2. The van der Waals surface area contributed by atoms with Crippen molar-refractivity contribution in [1.29, 1.82) is 0 Å². The van der Waals surface area contributed by atoms with Gasteiger partial charge in [-0.15, -0.1) is 0 Å². The number of unbranched alkanes of at least 4 members (excludes halogenated alkanes) is 3. The van der Waals surface area contributed by atoms with Gasteiger partial charge in [-0.05, 0) is 36.9 Å². The van der Waals surface area contributed by atoms with Crippen LogP contribution in [0.5, 0.6) is 0 Å². The van der Waals surface area contributed by atoms with Crippen LogP contribution in [-0.2, 0) is 11.3 Å². The molecule has 1 aromatic rings. The third-order valence-corrected chi connectivity index (χ3v) is 4.86. The van der Waals surface area contributed by atoms with Gasteiger partial charge in [0.15, 0.2) is 0 Å². The van der Waals surface area contributed by atoms with E-state index in [4.69, 9.17) is 4.74 Å². The van der Waals surface area contributed by atoms with Gasteiger partial charge in [0.1, 0.15) is 0 Å². The highest BCUT2D eigenvalue weighted by Gasteiger charge is 2.28. The van der Waals surface area contributed by atoms with E-state index in [-0.39, 0.29) is 18.6 Å². The molecular weight excluding hydrogens is 326 g/mol. The Morgan fingerprint density at radius 2 is 1.85 bits per heavy atom. The van der Waals surface area contributed by atoms with E-state index in [2.05, 4.69) is 23.5 Å². The summed E-state index contributed by atoms with van der Waals surface area (Å²) in [6, 6.07) is 10.3. The number of nitrogens with one attached hydrogen (secondary N) is 1. The van der Waals surface area contributed by atoms with Gasteiger partial charge < -0.3 is 20.3 Å². The summed E-state index contributed by atoms with van der Waals surface area (Å²) in [6.07, 6.45) is 11.3. The molecule has 4 heteroatoms. The van der Waals surface area contributed by atoms with Crippen molar-refractivity contribution in [2.45, 2.75) is 38.7 Å². The number of allylic oxidation sites excluding steroid dienone is 2. The van der Waals surface area contributed by atoms with Crippen LogP contribution in [0, 0.1) is 5.41 Å². The molecule has 26 heavy (non-hydrogen) atoms. The van der Waals surface area contributed by atoms with Crippen molar-refractivity contribution in [1.82, 2.24) is 5.32 Å². The Kier molecular flexibility index (Phi) is 9.64. The minimum atomic E-state index is -0.266. The fourth-order valence-corrected chi connectivity index (χ4v) is 3.26. The molecule has 1 aliphatic rings. The second-order valence-corrected chi connectivity index (χ2v) is 7.17.